The molecule has 1 atom stereocenters. The molecule has 3 rings (SSSR count). The lowest BCUT2D eigenvalue weighted by Crippen LogP contribution is -2.40. The van der Waals surface area contributed by atoms with Crippen LogP contribution in [0.1, 0.15) is 36.0 Å². The lowest BCUT2D eigenvalue weighted by Gasteiger charge is -2.33. The SMILES string of the molecule is COc1cccc(C(O)C(=O)N2CCC(c3ccccc3)CC2)c1. The number of rotatable bonds is 4. The molecule has 1 saturated heterocycles. The maximum Gasteiger partial charge on any atom is 0.256 e. The van der Waals surface area contributed by atoms with E-state index in [4.69, 9.17) is 4.74 Å². The molecule has 1 amide bonds. The molecule has 0 bridgehead atoms. The topological polar surface area (TPSA) is 49.8 Å². The van der Waals surface area contributed by atoms with Crippen LogP contribution < -0.4 is 4.74 Å². The monoisotopic (exact) mass is 325 g/mol. The highest BCUT2D eigenvalue weighted by Gasteiger charge is 2.28. The van der Waals surface area contributed by atoms with Gasteiger partial charge >= 0.3 is 0 Å². The van der Waals surface area contributed by atoms with E-state index >= 15 is 0 Å². The summed E-state index contributed by atoms with van der Waals surface area (Å²) in [5.41, 5.74) is 1.91. The van der Waals surface area contributed by atoms with Crippen molar-refractivity contribution in [2.75, 3.05) is 20.2 Å². The molecule has 2 aromatic rings. The Morgan fingerprint density at radius 1 is 1.12 bits per heavy atom. The zero-order chi connectivity index (χ0) is 16.9. The van der Waals surface area contributed by atoms with Crippen molar-refractivity contribution in [2.24, 2.45) is 0 Å². The summed E-state index contributed by atoms with van der Waals surface area (Å²) in [6, 6.07) is 17.5. The summed E-state index contributed by atoms with van der Waals surface area (Å²) < 4.78 is 5.16. The van der Waals surface area contributed by atoms with Crippen LogP contribution in [-0.2, 0) is 4.79 Å². The highest BCUT2D eigenvalue weighted by atomic mass is 16.5. The fourth-order valence-electron chi connectivity index (χ4n) is 3.29. The van der Waals surface area contributed by atoms with Crippen molar-refractivity contribution in [3.8, 4) is 5.75 Å². The van der Waals surface area contributed by atoms with Crippen LogP contribution in [0.2, 0.25) is 0 Å². The lowest BCUT2D eigenvalue weighted by molar-refractivity contribution is -0.141. The van der Waals surface area contributed by atoms with Gasteiger partial charge in [-0.25, -0.2) is 0 Å². The number of ether oxygens (including phenoxy) is 1. The van der Waals surface area contributed by atoms with Crippen molar-refractivity contribution in [3.63, 3.8) is 0 Å². The minimum Gasteiger partial charge on any atom is -0.497 e. The standard InChI is InChI=1S/C20H23NO3/c1-24-18-9-5-8-17(14-18)19(22)20(23)21-12-10-16(11-13-21)15-6-3-2-4-7-15/h2-9,14,16,19,22H,10-13H2,1H3. The van der Waals surface area contributed by atoms with Crippen LogP contribution in [0, 0.1) is 0 Å². The molecule has 4 heteroatoms. The van der Waals surface area contributed by atoms with Gasteiger partial charge in [0.25, 0.3) is 5.91 Å². The number of piperidine rings is 1. The molecule has 126 valence electrons. The van der Waals surface area contributed by atoms with E-state index in [2.05, 4.69) is 24.3 Å². The fraction of sp³-hybridized carbons (Fsp3) is 0.350. The number of nitrogens with zero attached hydrogens (tertiary/aromatic N) is 1. The van der Waals surface area contributed by atoms with Crippen LogP contribution >= 0.6 is 0 Å². The molecule has 0 aliphatic carbocycles. The van der Waals surface area contributed by atoms with Crippen LogP contribution in [0.5, 0.6) is 5.75 Å². The van der Waals surface area contributed by atoms with E-state index < -0.39 is 6.10 Å². The van der Waals surface area contributed by atoms with Gasteiger partial charge in [0.05, 0.1) is 7.11 Å². The molecule has 1 unspecified atom stereocenters. The first kappa shape index (κ1) is 16.5. The van der Waals surface area contributed by atoms with Crippen LogP contribution in [0.4, 0.5) is 0 Å². The van der Waals surface area contributed by atoms with Gasteiger partial charge in [0, 0.05) is 13.1 Å². The zero-order valence-corrected chi connectivity index (χ0v) is 13.9. The number of aliphatic hydroxyl groups is 1. The highest BCUT2D eigenvalue weighted by molar-refractivity contribution is 5.82. The van der Waals surface area contributed by atoms with Gasteiger partial charge in [0.1, 0.15) is 5.75 Å². The second-order valence-electron chi connectivity index (χ2n) is 6.19. The van der Waals surface area contributed by atoms with Gasteiger partial charge in [-0.15, -0.1) is 0 Å². The van der Waals surface area contributed by atoms with E-state index in [1.54, 1.807) is 36.3 Å². The fourth-order valence-corrected chi connectivity index (χ4v) is 3.29. The first-order valence-electron chi connectivity index (χ1n) is 8.35. The molecule has 1 N–H and O–H groups in total. The maximum atomic E-state index is 12.6. The number of likely N-dealkylation sites (tertiary alicyclic amines) is 1. The molecule has 0 saturated carbocycles. The summed E-state index contributed by atoms with van der Waals surface area (Å²) in [4.78, 5) is 14.3. The smallest absolute Gasteiger partial charge is 0.256 e. The summed E-state index contributed by atoms with van der Waals surface area (Å²) in [5, 5.41) is 10.4. The third-order valence-corrected chi connectivity index (χ3v) is 4.72. The van der Waals surface area contributed by atoms with Crippen molar-refractivity contribution < 1.29 is 14.6 Å². The molecule has 1 fully saturated rings. The minimum absolute atomic E-state index is 0.227. The van der Waals surface area contributed by atoms with Crippen molar-refractivity contribution in [3.05, 3.63) is 65.7 Å². The third-order valence-electron chi connectivity index (χ3n) is 4.72. The summed E-state index contributed by atoms with van der Waals surface area (Å²) in [6.45, 7) is 1.36. The van der Waals surface area contributed by atoms with Gasteiger partial charge in [-0.3, -0.25) is 4.79 Å². The summed E-state index contributed by atoms with van der Waals surface area (Å²) in [7, 11) is 1.57. The number of amides is 1. The normalized spacial score (nSPS) is 16.7. The number of hydrogen-bond acceptors (Lipinski definition) is 3. The average molecular weight is 325 g/mol. The average Bonchev–Trinajstić information content (AvgIpc) is 2.67. The van der Waals surface area contributed by atoms with Crippen molar-refractivity contribution in [2.45, 2.75) is 24.9 Å². The Hall–Kier alpha value is -2.33. The van der Waals surface area contributed by atoms with E-state index in [0.29, 0.717) is 30.3 Å². The summed E-state index contributed by atoms with van der Waals surface area (Å²) in [5.74, 6) is 0.904. The zero-order valence-electron chi connectivity index (χ0n) is 13.9. The second-order valence-corrected chi connectivity index (χ2v) is 6.19. The van der Waals surface area contributed by atoms with E-state index in [9.17, 15) is 9.90 Å². The third kappa shape index (κ3) is 3.60. The van der Waals surface area contributed by atoms with Gasteiger partial charge in [-0.2, -0.15) is 0 Å². The largest absolute Gasteiger partial charge is 0.497 e. The number of aliphatic hydroxyl groups excluding tert-OH is 1. The number of methoxy groups -OCH3 is 1. The van der Waals surface area contributed by atoms with Crippen LogP contribution in [0.3, 0.4) is 0 Å². The second kappa shape index (κ2) is 7.49. The summed E-state index contributed by atoms with van der Waals surface area (Å²) >= 11 is 0. The van der Waals surface area contributed by atoms with Crippen molar-refractivity contribution >= 4 is 5.91 Å². The quantitative estimate of drug-likeness (QED) is 0.939. The summed E-state index contributed by atoms with van der Waals surface area (Å²) in [6.07, 6.45) is 0.731. The first-order valence-corrected chi connectivity index (χ1v) is 8.35. The first-order chi connectivity index (χ1) is 11.7. The molecule has 0 radical (unpaired) electrons. The molecule has 1 heterocycles. The lowest BCUT2D eigenvalue weighted by atomic mass is 9.89. The Morgan fingerprint density at radius 3 is 2.50 bits per heavy atom. The van der Waals surface area contributed by atoms with Crippen molar-refractivity contribution in [1.29, 1.82) is 0 Å². The van der Waals surface area contributed by atoms with E-state index in [0.717, 1.165) is 12.8 Å². The molecule has 4 nitrogen and oxygen atoms in total. The van der Waals surface area contributed by atoms with Gasteiger partial charge in [-0.1, -0.05) is 42.5 Å². The Morgan fingerprint density at radius 2 is 1.83 bits per heavy atom. The van der Waals surface area contributed by atoms with Gasteiger partial charge in [0.2, 0.25) is 0 Å². The molecule has 1 aliphatic rings. The number of carbonyl (C=O) groups is 1. The number of carbonyl (C=O) groups excluding carboxylic acids is 1. The molecule has 1 aliphatic heterocycles. The molecule has 0 spiro atoms. The molecular formula is C20H23NO3. The van der Waals surface area contributed by atoms with Gasteiger partial charge < -0.3 is 14.7 Å². The van der Waals surface area contributed by atoms with E-state index in [1.165, 1.54) is 5.56 Å². The van der Waals surface area contributed by atoms with Gasteiger partial charge in [-0.05, 0) is 42.0 Å². The van der Waals surface area contributed by atoms with Crippen LogP contribution in [0.15, 0.2) is 54.6 Å². The Kier molecular flexibility index (Phi) is 5.16. The predicted octanol–water partition coefficient (Wildman–Crippen LogP) is 3.13. The van der Waals surface area contributed by atoms with E-state index in [-0.39, 0.29) is 5.91 Å². The highest BCUT2D eigenvalue weighted by Crippen LogP contribution is 2.29. The van der Waals surface area contributed by atoms with Crippen molar-refractivity contribution in [1.82, 2.24) is 4.90 Å². The molecule has 0 aromatic heterocycles. The Balaban J connectivity index is 1.62. The van der Waals surface area contributed by atoms with Crippen LogP contribution in [0.25, 0.3) is 0 Å². The number of benzene rings is 2. The minimum atomic E-state index is -1.13. The number of hydrogen-bond donors (Lipinski definition) is 1. The van der Waals surface area contributed by atoms with E-state index in [1.807, 2.05) is 6.07 Å². The molecular weight excluding hydrogens is 302 g/mol. The Labute approximate surface area is 142 Å². The van der Waals surface area contributed by atoms with Gasteiger partial charge in [0.15, 0.2) is 6.10 Å². The molecule has 24 heavy (non-hydrogen) atoms. The maximum absolute atomic E-state index is 12.6. The molecule has 2 aromatic carbocycles. The van der Waals surface area contributed by atoms with Crippen LogP contribution in [-0.4, -0.2) is 36.1 Å². The Bertz CT molecular complexity index is 678. The predicted molar refractivity (Wildman–Crippen MR) is 93.0 cm³/mol.